The van der Waals surface area contributed by atoms with Gasteiger partial charge in [0.2, 0.25) is 0 Å². The van der Waals surface area contributed by atoms with E-state index in [1.807, 2.05) is 54.6 Å². The summed E-state index contributed by atoms with van der Waals surface area (Å²) >= 11 is 0. The molecular formula is C22H21BLi2O3. The Morgan fingerprint density at radius 3 is 1.32 bits per heavy atom. The number of hydrogen-bond acceptors (Lipinski definition) is 3. The third-order valence-corrected chi connectivity index (χ3v) is 4.75. The molecule has 3 nitrogen and oxygen atoms in total. The smallest absolute Gasteiger partial charge is 0.871 e. The molecule has 3 aromatic carbocycles. The molecule has 0 radical (unpaired) electrons. The predicted molar refractivity (Wildman–Crippen MR) is 100 cm³/mol. The van der Waals surface area contributed by atoms with Crippen molar-refractivity contribution in [3.8, 4) is 0 Å². The summed E-state index contributed by atoms with van der Waals surface area (Å²) in [7, 11) is -2.23. The minimum atomic E-state index is -2.23. The van der Waals surface area contributed by atoms with Crippen molar-refractivity contribution in [1.29, 1.82) is 0 Å². The standard InChI is InChI=1S/C22H21BO3.2Li/c24-23(25)26-18-10-17-22(19-11-4-1-5-12-19,20-13-6-2-7-14-20)21-15-8-3-9-16-21;;/h1-9,11-16H,10,17-18H2;;/q-2;2*+1. The Morgan fingerprint density at radius 2 is 1.00 bits per heavy atom. The van der Waals surface area contributed by atoms with E-state index in [-0.39, 0.29) is 49.7 Å². The van der Waals surface area contributed by atoms with Gasteiger partial charge in [0, 0.05) is 12.0 Å². The van der Waals surface area contributed by atoms with Gasteiger partial charge in [-0.1, -0.05) is 91.0 Å². The minimum absolute atomic E-state index is 0. The third-order valence-electron chi connectivity index (χ3n) is 4.75. The van der Waals surface area contributed by atoms with Crippen LogP contribution in [0.15, 0.2) is 91.0 Å². The zero-order chi connectivity index (χ0) is 18.2. The second-order valence-electron chi connectivity index (χ2n) is 6.27. The first-order valence-corrected chi connectivity index (χ1v) is 8.83. The van der Waals surface area contributed by atoms with Gasteiger partial charge in [-0.3, -0.25) is 0 Å². The van der Waals surface area contributed by atoms with Crippen molar-refractivity contribution in [2.75, 3.05) is 6.61 Å². The molecule has 3 aromatic rings. The SMILES string of the molecule is [Li+].[Li+].[O-]B([O-])OCCCC(c1ccccc1)(c1ccccc1)c1ccccc1. The van der Waals surface area contributed by atoms with E-state index in [1.165, 1.54) is 16.7 Å². The van der Waals surface area contributed by atoms with Crippen LogP contribution in [-0.2, 0) is 10.1 Å². The monoisotopic (exact) mass is 358 g/mol. The third kappa shape index (κ3) is 5.90. The largest absolute Gasteiger partial charge is 1.00 e. The fourth-order valence-electron chi connectivity index (χ4n) is 3.62. The molecule has 0 saturated carbocycles. The molecule has 0 N–H and O–H groups in total. The van der Waals surface area contributed by atoms with Crippen LogP contribution in [0.4, 0.5) is 0 Å². The number of rotatable bonds is 8. The van der Waals surface area contributed by atoms with Crippen molar-refractivity contribution in [1.82, 2.24) is 0 Å². The summed E-state index contributed by atoms with van der Waals surface area (Å²) in [5, 5.41) is 21.4. The maximum atomic E-state index is 10.7. The molecule has 0 aliphatic rings. The fourth-order valence-corrected chi connectivity index (χ4v) is 3.62. The maximum Gasteiger partial charge on any atom is 1.00 e. The summed E-state index contributed by atoms with van der Waals surface area (Å²) < 4.78 is 4.73. The average molecular weight is 358 g/mol. The molecule has 0 aromatic heterocycles. The van der Waals surface area contributed by atoms with Crippen LogP contribution in [0.5, 0.6) is 0 Å². The molecule has 0 atom stereocenters. The van der Waals surface area contributed by atoms with Crippen LogP contribution in [0.2, 0.25) is 0 Å². The Morgan fingerprint density at radius 1 is 0.643 bits per heavy atom. The van der Waals surface area contributed by atoms with Gasteiger partial charge in [0.05, 0.1) is 7.32 Å². The van der Waals surface area contributed by atoms with Gasteiger partial charge in [0.15, 0.2) is 0 Å². The topological polar surface area (TPSA) is 55.3 Å². The summed E-state index contributed by atoms with van der Waals surface area (Å²) in [6, 6.07) is 31.0. The first kappa shape index (κ1) is 24.8. The average Bonchev–Trinajstić information content (AvgIpc) is 2.70. The van der Waals surface area contributed by atoms with E-state index < -0.39 is 7.32 Å². The Kier molecular flexibility index (Phi) is 11.0. The van der Waals surface area contributed by atoms with Gasteiger partial charge in [-0.05, 0) is 29.5 Å². The molecule has 6 heteroatoms. The van der Waals surface area contributed by atoms with Crippen molar-refractivity contribution >= 4 is 7.32 Å². The molecule has 28 heavy (non-hydrogen) atoms. The molecule has 0 aliphatic heterocycles. The van der Waals surface area contributed by atoms with Crippen LogP contribution in [0.3, 0.4) is 0 Å². The summed E-state index contributed by atoms with van der Waals surface area (Å²) in [6.07, 6.45) is 1.34. The Hall–Kier alpha value is -1.20. The normalized spacial score (nSPS) is 10.5. The molecule has 0 fully saturated rings. The first-order chi connectivity index (χ1) is 12.7. The van der Waals surface area contributed by atoms with E-state index >= 15 is 0 Å². The Bertz CT molecular complexity index is 690. The van der Waals surface area contributed by atoms with Crippen LogP contribution >= 0.6 is 0 Å². The van der Waals surface area contributed by atoms with Crippen molar-refractivity contribution in [2.24, 2.45) is 0 Å². The molecular weight excluding hydrogens is 337 g/mol. The Labute approximate surface area is 191 Å². The molecule has 0 heterocycles. The quantitative estimate of drug-likeness (QED) is 0.239. The van der Waals surface area contributed by atoms with Crippen LogP contribution in [0, 0.1) is 0 Å². The zero-order valence-electron chi connectivity index (χ0n) is 16.6. The van der Waals surface area contributed by atoms with Gasteiger partial charge in [0.1, 0.15) is 0 Å². The predicted octanol–water partition coefficient (Wildman–Crippen LogP) is -3.47. The maximum absolute atomic E-state index is 10.7. The molecule has 0 spiro atoms. The van der Waals surface area contributed by atoms with Crippen molar-refractivity contribution in [3.63, 3.8) is 0 Å². The molecule has 0 bridgehead atoms. The number of benzene rings is 3. The van der Waals surface area contributed by atoms with Crippen LogP contribution in [0.1, 0.15) is 29.5 Å². The van der Waals surface area contributed by atoms with Gasteiger partial charge in [-0.2, -0.15) is 0 Å². The Balaban J connectivity index is 0.00000196. The first-order valence-electron chi connectivity index (χ1n) is 8.83. The van der Waals surface area contributed by atoms with E-state index in [4.69, 9.17) is 4.65 Å². The van der Waals surface area contributed by atoms with Crippen molar-refractivity contribution in [2.45, 2.75) is 18.3 Å². The molecule has 132 valence electrons. The van der Waals surface area contributed by atoms with Crippen molar-refractivity contribution in [3.05, 3.63) is 108 Å². The fraction of sp³-hybridized carbons (Fsp3) is 0.182. The molecule has 0 saturated heterocycles. The molecule has 3 rings (SSSR count). The second-order valence-corrected chi connectivity index (χ2v) is 6.27. The van der Waals surface area contributed by atoms with Gasteiger partial charge in [0.25, 0.3) is 0 Å². The van der Waals surface area contributed by atoms with Gasteiger partial charge >= 0.3 is 37.7 Å². The summed E-state index contributed by atoms with van der Waals surface area (Å²) in [5.74, 6) is 0. The minimum Gasteiger partial charge on any atom is -0.871 e. The van der Waals surface area contributed by atoms with Gasteiger partial charge < -0.3 is 14.7 Å². The van der Waals surface area contributed by atoms with Gasteiger partial charge in [-0.15, -0.1) is 0 Å². The zero-order valence-corrected chi connectivity index (χ0v) is 16.6. The van der Waals surface area contributed by atoms with Crippen molar-refractivity contribution < 1.29 is 52.4 Å². The second kappa shape index (κ2) is 12.4. The van der Waals surface area contributed by atoms with E-state index in [0.717, 1.165) is 6.42 Å². The molecule has 0 aliphatic carbocycles. The molecule has 0 amide bonds. The van der Waals surface area contributed by atoms with E-state index in [0.29, 0.717) is 6.42 Å². The molecule has 0 unspecified atom stereocenters. The van der Waals surface area contributed by atoms with Gasteiger partial charge in [-0.25, -0.2) is 0 Å². The van der Waals surface area contributed by atoms with Crippen LogP contribution in [-0.4, -0.2) is 13.9 Å². The summed E-state index contributed by atoms with van der Waals surface area (Å²) in [6.45, 7) is 0.159. The van der Waals surface area contributed by atoms with Crippen LogP contribution in [0.25, 0.3) is 0 Å². The van der Waals surface area contributed by atoms with Crippen LogP contribution < -0.4 is 47.8 Å². The number of hydrogen-bond donors (Lipinski definition) is 0. The van der Waals surface area contributed by atoms with E-state index in [9.17, 15) is 10.0 Å². The summed E-state index contributed by atoms with van der Waals surface area (Å²) in [5.41, 5.74) is 3.17. The van der Waals surface area contributed by atoms with E-state index in [2.05, 4.69) is 36.4 Å². The summed E-state index contributed by atoms with van der Waals surface area (Å²) in [4.78, 5) is 0. The van der Waals surface area contributed by atoms with E-state index in [1.54, 1.807) is 0 Å².